The molecule has 5 heteroatoms. The Balaban J connectivity index is 0.950. The topological polar surface area (TPSA) is 21.3 Å². The van der Waals surface area contributed by atoms with E-state index in [1.54, 1.807) is 11.8 Å². The highest BCUT2D eigenvalue weighted by atomic mass is 32.2. The first-order valence-corrected chi connectivity index (χ1v) is 26.6. The van der Waals surface area contributed by atoms with Crippen LogP contribution in [0.1, 0.15) is 17.9 Å². The molecular weight excluding hydrogens is 801 g/mol. The average Bonchev–Trinajstić information content (AvgIpc) is 3.88. The first-order chi connectivity index (χ1) is 30.8. The average molecular weight is 849 g/mol. The third kappa shape index (κ3) is 7.12. The van der Waals surface area contributed by atoms with E-state index >= 15 is 0 Å². The number of fused-ring (bicyclic) bond motifs is 6. The summed E-state index contributed by atoms with van der Waals surface area (Å²) >= 11 is 1.79. The molecule has 10 aromatic rings. The maximum absolute atomic E-state index is 6.55. The standard InChI is InChI=1S/C58H48N2OSSi/c1-62-48-33-22-41(23-34-48)39-16-27-45(28-17-39)59(46-29-18-40(19-30-46)42-24-35-49(36-25-42)63(2,3)4)47-31-20-43(21-32-47)44-26-37-55-53(38-44)50-10-5-7-13-54(50)60(55)56-14-9-12-52-51-11-6-8-15-57(51)61-58(52)56/h5-16,18-39H,17H2,1-4H3. The normalized spacial score (nSPS) is 14.2. The number of nitrogens with zero attached hydrogens (tertiary/aromatic N) is 2. The minimum Gasteiger partial charge on any atom is -0.454 e. The van der Waals surface area contributed by atoms with E-state index in [4.69, 9.17) is 4.42 Å². The Morgan fingerprint density at radius 2 is 1.17 bits per heavy atom. The van der Waals surface area contributed by atoms with Crippen molar-refractivity contribution in [3.63, 3.8) is 0 Å². The van der Waals surface area contributed by atoms with Crippen LogP contribution in [0.15, 0.2) is 215 Å². The molecule has 8 aromatic carbocycles. The zero-order valence-electron chi connectivity index (χ0n) is 36.0. The summed E-state index contributed by atoms with van der Waals surface area (Å²) in [4.78, 5) is 3.70. The van der Waals surface area contributed by atoms with Crippen LogP contribution < -0.4 is 10.1 Å². The molecule has 0 spiro atoms. The maximum atomic E-state index is 6.55. The van der Waals surface area contributed by atoms with Crippen LogP contribution in [0.25, 0.3) is 71.7 Å². The molecule has 0 bridgehead atoms. The van der Waals surface area contributed by atoms with Gasteiger partial charge in [-0.05, 0) is 113 Å². The van der Waals surface area contributed by atoms with E-state index in [9.17, 15) is 0 Å². The van der Waals surface area contributed by atoms with Crippen LogP contribution >= 0.6 is 11.8 Å². The lowest BCUT2D eigenvalue weighted by atomic mass is 9.91. The molecule has 0 saturated heterocycles. The van der Waals surface area contributed by atoms with Gasteiger partial charge in [0.15, 0.2) is 5.58 Å². The molecule has 1 aliphatic rings. The van der Waals surface area contributed by atoms with Crippen molar-refractivity contribution < 1.29 is 4.42 Å². The number of allylic oxidation sites excluding steroid dienone is 3. The summed E-state index contributed by atoms with van der Waals surface area (Å²) in [6.07, 6.45) is 10.2. The van der Waals surface area contributed by atoms with Gasteiger partial charge in [-0.2, -0.15) is 0 Å². The van der Waals surface area contributed by atoms with Gasteiger partial charge in [-0.15, -0.1) is 11.8 Å². The summed E-state index contributed by atoms with van der Waals surface area (Å²) in [7, 11) is -1.37. The predicted molar refractivity (Wildman–Crippen MR) is 273 cm³/mol. The Hall–Kier alpha value is -6.79. The van der Waals surface area contributed by atoms with Crippen molar-refractivity contribution >= 4 is 80.1 Å². The fourth-order valence-corrected chi connectivity index (χ4v) is 11.0. The molecule has 0 amide bonds. The summed E-state index contributed by atoms with van der Waals surface area (Å²) < 4.78 is 8.91. The van der Waals surface area contributed by atoms with Crippen molar-refractivity contribution in [3.8, 4) is 27.9 Å². The van der Waals surface area contributed by atoms with Crippen molar-refractivity contribution in [1.82, 2.24) is 4.57 Å². The van der Waals surface area contributed by atoms with Crippen LogP contribution in [0.3, 0.4) is 0 Å². The molecule has 2 aromatic heterocycles. The molecule has 2 heterocycles. The molecule has 3 nitrogen and oxygen atoms in total. The van der Waals surface area contributed by atoms with Gasteiger partial charge in [0, 0.05) is 49.4 Å². The summed E-state index contributed by atoms with van der Waals surface area (Å²) in [5.41, 5.74) is 14.8. The van der Waals surface area contributed by atoms with Crippen molar-refractivity contribution in [2.75, 3.05) is 11.2 Å². The van der Waals surface area contributed by atoms with Crippen LogP contribution in [0, 0.1) is 0 Å². The van der Waals surface area contributed by atoms with Gasteiger partial charge in [-0.3, -0.25) is 0 Å². The number of benzene rings is 8. The van der Waals surface area contributed by atoms with E-state index < -0.39 is 8.07 Å². The SMILES string of the molecule is CSc1ccc(C2C=CC(N(c3ccc(-c4ccc([Si](C)(C)C)cc4)cc3)c3ccc(-c4ccc5c(c4)c4ccccc4n5-c4cccc5c4oc4ccccc45)cc3)=CC2)cc1. The van der Waals surface area contributed by atoms with E-state index in [0.717, 1.165) is 56.5 Å². The van der Waals surface area contributed by atoms with Crippen molar-refractivity contribution in [1.29, 1.82) is 0 Å². The quantitative estimate of drug-likeness (QED) is 0.107. The lowest BCUT2D eigenvalue weighted by molar-refractivity contribution is 0.666. The van der Waals surface area contributed by atoms with Crippen LogP contribution in [0.4, 0.5) is 11.4 Å². The zero-order chi connectivity index (χ0) is 42.7. The fourth-order valence-electron chi connectivity index (χ4n) is 9.41. The van der Waals surface area contributed by atoms with E-state index in [1.807, 2.05) is 6.07 Å². The van der Waals surface area contributed by atoms with Crippen LogP contribution in [0.2, 0.25) is 19.6 Å². The van der Waals surface area contributed by atoms with Gasteiger partial charge < -0.3 is 13.9 Å². The van der Waals surface area contributed by atoms with E-state index in [-0.39, 0.29) is 0 Å². The largest absolute Gasteiger partial charge is 0.454 e. The summed E-state index contributed by atoms with van der Waals surface area (Å²) in [6, 6.07) is 66.8. The third-order valence-corrected chi connectivity index (χ3v) is 15.7. The number of rotatable bonds is 9. The highest BCUT2D eigenvalue weighted by molar-refractivity contribution is 7.98. The van der Waals surface area contributed by atoms with Crippen molar-refractivity contribution in [2.24, 2.45) is 0 Å². The Labute approximate surface area is 374 Å². The molecule has 11 rings (SSSR count). The number of thioether (sulfide) groups is 1. The molecule has 0 aliphatic heterocycles. The Morgan fingerprint density at radius 1 is 0.571 bits per heavy atom. The van der Waals surface area contributed by atoms with Gasteiger partial charge in [-0.25, -0.2) is 0 Å². The molecule has 0 N–H and O–H groups in total. The maximum Gasteiger partial charge on any atom is 0.159 e. The fraction of sp³-hybridized carbons (Fsp3) is 0.103. The van der Waals surface area contributed by atoms with E-state index in [1.165, 1.54) is 54.4 Å². The summed E-state index contributed by atoms with van der Waals surface area (Å²) in [6.45, 7) is 7.21. The number of hydrogen-bond donors (Lipinski definition) is 0. The van der Waals surface area contributed by atoms with Crippen LogP contribution in [-0.2, 0) is 0 Å². The molecule has 0 fully saturated rings. The van der Waals surface area contributed by atoms with Gasteiger partial charge in [0.05, 0.1) is 24.8 Å². The van der Waals surface area contributed by atoms with E-state index in [2.05, 4.69) is 230 Å². The second-order valence-electron chi connectivity index (χ2n) is 17.7. The Kier molecular flexibility index (Phi) is 9.82. The van der Waals surface area contributed by atoms with Crippen LogP contribution in [-0.4, -0.2) is 18.9 Å². The van der Waals surface area contributed by atoms with Crippen molar-refractivity contribution in [3.05, 3.63) is 211 Å². The van der Waals surface area contributed by atoms with Gasteiger partial charge in [0.1, 0.15) is 5.58 Å². The van der Waals surface area contributed by atoms with Gasteiger partial charge in [0.2, 0.25) is 0 Å². The lowest BCUT2D eigenvalue weighted by Crippen LogP contribution is -2.37. The Bertz CT molecular complexity index is 3370. The molecule has 0 radical (unpaired) electrons. The zero-order valence-corrected chi connectivity index (χ0v) is 37.9. The lowest BCUT2D eigenvalue weighted by Gasteiger charge is -2.29. The van der Waals surface area contributed by atoms with Crippen LogP contribution in [0.5, 0.6) is 0 Å². The van der Waals surface area contributed by atoms with Gasteiger partial charge in [-0.1, -0.05) is 152 Å². The third-order valence-electron chi connectivity index (χ3n) is 12.8. The number of furan rings is 1. The summed E-state index contributed by atoms with van der Waals surface area (Å²) in [5.74, 6) is 0.350. The minimum atomic E-state index is -1.37. The van der Waals surface area contributed by atoms with Gasteiger partial charge in [0.25, 0.3) is 0 Å². The highest BCUT2D eigenvalue weighted by Crippen LogP contribution is 2.41. The molecule has 63 heavy (non-hydrogen) atoms. The smallest absolute Gasteiger partial charge is 0.159 e. The number of para-hydroxylation sites is 3. The van der Waals surface area contributed by atoms with E-state index in [0.29, 0.717) is 5.92 Å². The molecule has 306 valence electrons. The second-order valence-corrected chi connectivity index (χ2v) is 23.7. The van der Waals surface area contributed by atoms with Gasteiger partial charge >= 0.3 is 0 Å². The predicted octanol–water partition coefficient (Wildman–Crippen LogP) is 16.0. The molecular formula is C58H48N2OSSi. The number of hydrogen-bond acceptors (Lipinski definition) is 3. The highest BCUT2D eigenvalue weighted by Gasteiger charge is 2.21. The Morgan fingerprint density at radius 3 is 1.84 bits per heavy atom. The molecule has 1 atom stereocenters. The first kappa shape index (κ1) is 39.1. The second kappa shape index (κ2) is 15.8. The molecule has 1 unspecified atom stereocenters. The summed E-state index contributed by atoms with van der Waals surface area (Å²) in [5, 5.41) is 6.18. The first-order valence-electron chi connectivity index (χ1n) is 21.9. The number of aromatic nitrogens is 1. The monoisotopic (exact) mass is 848 g/mol. The molecule has 0 saturated carbocycles. The minimum absolute atomic E-state index is 0.350. The number of anilines is 2. The molecule has 1 aliphatic carbocycles. The van der Waals surface area contributed by atoms with Crippen molar-refractivity contribution in [2.45, 2.75) is 36.9 Å².